The molecule has 0 aliphatic heterocycles. The summed E-state index contributed by atoms with van der Waals surface area (Å²) in [6, 6.07) is 5.08. The van der Waals surface area contributed by atoms with Gasteiger partial charge >= 0.3 is 6.08 Å². The summed E-state index contributed by atoms with van der Waals surface area (Å²) in [5.74, 6) is -1.51. The Morgan fingerprint density at radius 1 is 1.00 bits per heavy atom. The summed E-state index contributed by atoms with van der Waals surface area (Å²) >= 11 is 5.47. The van der Waals surface area contributed by atoms with Crippen molar-refractivity contribution in [2.45, 2.75) is 0 Å². The van der Waals surface area contributed by atoms with Gasteiger partial charge in [-0.3, -0.25) is 0 Å². The Bertz CT molecular complexity index is 299. The fraction of sp³-hybridized carbons (Fsp3) is 0. The zero-order valence-corrected chi connectivity index (χ0v) is 6.58. The Morgan fingerprint density at radius 2 is 1.50 bits per heavy atom. The maximum atomic E-state index is 12.5. The van der Waals surface area contributed by atoms with E-state index in [0.717, 1.165) is 0 Å². The number of rotatable bonds is 1. The first-order chi connectivity index (χ1) is 5.61. The first kappa shape index (κ1) is 9.13. The van der Waals surface area contributed by atoms with Crippen LogP contribution in [0.1, 0.15) is 5.56 Å². The van der Waals surface area contributed by atoms with Crippen LogP contribution >= 0.6 is 11.6 Å². The van der Waals surface area contributed by atoms with Crippen molar-refractivity contribution in [1.82, 2.24) is 0 Å². The Balaban J connectivity index is 3.06. The van der Waals surface area contributed by atoms with E-state index in [0.29, 0.717) is 5.02 Å². The lowest BCUT2D eigenvalue weighted by Crippen LogP contribution is -1.78. The first-order valence-electron chi connectivity index (χ1n) is 3.08. The third-order valence-corrected chi connectivity index (χ3v) is 1.52. The Kier molecular flexibility index (Phi) is 2.76. The fourth-order valence-corrected chi connectivity index (χ4v) is 0.831. The van der Waals surface area contributed by atoms with E-state index in [1.54, 1.807) is 0 Å². The predicted molar refractivity (Wildman–Crippen MR) is 41.7 cm³/mol. The van der Waals surface area contributed by atoms with Crippen molar-refractivity contribution in [3.63, 3.8) is 0 Å². The molecule has 0 saturated heterocycles. The van der Waals surface area contributed by atoms with Crippen LogP contribution in [-0.4, -0.2) is 0 Å². The first-order valence-corrected chi connectivity index (χ1v) is 3.46. The largest absolute Gasteiger partial charge is 0.306 e. The molecule has 1 rings (SSSR count). The summed E-state index contributed by atoms with van der Waals surface area (Å²) in [7, 11) is 0. The van der Waals surface area contributed by atoms with Gasteiger partial charge in [0, 0.05) is 10.6 Å². The summed E-state index contributed by atoms with van der Waals surface area (Å²) in [6.45, 7) is 0. The second-order valence-electron chi connectivity index (χ2n) is 2.08. The zero-order chi connectivity index (χ0) is 9.14. The van der Waals surface area contributed by atoms with Crippen molar-refractivity contribution in [2.75, 3.05) is 0 Å². The van der Waals surface area contributed by atoms with E-state index in [4.69, 9.17) is 11.6 Å². The second kappa shape index (κ2) is 3.63. The average Bonchev–Trinajstić information content (AvgIpc) is 2.04. The molecular formula is C8H4ClF3. The van der Waals surface area contributed by atoms with Gasteiger partial charge in [-0.15, -0.1) is 0 Å². The average molecular weight is 193 g/mol. The maximum Gasteiger partial charge on any atom is 0.306 e. The van der Waals surface area contributed by atoms with Crippen molar-refractivity contribution < 1.29 is 13.2 Å². The molecule has 0 amide bonds. The van der Waals surface area contributed by atoms with Crippen LogP contribution < -0.4 is 0 Å². The molecule has 1 aromatic rings. The van der Waals surface area contributed by atoms with Crippen LogP contribution in [0.25, 0.3) is 5.83 Å². The van der Waals surface area contributed by atoms with E-state index >= 15 is 0 Å². The number of hydrogen-bond acceptors (Lipinski definition) is 0. The molecule has 0 radical (unpaired) electrons. The van der Waals surface area contributed by atoms with Gasteiger partial charge in [-0.1, -0.05) is 23.7 Å². The van der Waals surface area contributed by atoms with Crippen molar-refractivity contribution in [3.8, 4) is 0 Å². The van der Waals surface area contributed by atoms with Gasteiger partial charge in [0.05, 0.1) is 0 Å². The molecule has 1 aromatic carbocycles. The molecule has 64 valence electrons. The quantitative estimate of drug-likeness (QED) is 0.634. The molecule has 0 N–H and O–H groups in total. The molecule has 0 fully saturated rings. The van der Waals surface area contributed by atoms with Gasteiger partial charge < -0.3 is 0 Å². The molecule has 0 aromatic heterocycles. The third kappa shape index (κ3) is 2.01. The smallest absolute Gasteiger partial charge is 0.200 e. The summed E-state index contributed by atoms with van der Waals surface area (Å²) in [5, 5.41) is 0.380. The fourth-order valence-electron chi connectivity index (χ4n) is 0.705. The van der Waals surface area contributed by atoms with Crippen LogP contribution in [0, 0.1) is 0 Å². The highest BCUT2D eigenvalue weighted by molar-refractivity contribution is 6.30. The van der Waals surface area contributed by atoms with Gasteiger partial charge in [-0.2, -0.15) is 8.78 Å². The summed E-state index contributed by atoms with van der Waals surface area (Å²) in [6.07, 6.45) is -2.32. The van der Waals surface area contributed by atoms with E-state index in [2.05, 4.69) is 0 Å². The molecule has 0 nitrogen and oxygen atoms in total. The van der Waals surface area contributed by atoms with Crippen molar-refractivity contribution in [3.05, 3.63) is 40.9 Å². The molecule has 0 bridgehead atoms. The number of hydrogen-bond donors (Lipinski definition) is 0. The number of benzene rings is 1. The molecule has 12 heavy (non-hydrogen) atoms. The minimum atomic E-state index is -2.32. The van der Waals surface area contributed by atoms with Gasteiger partial charge in [-0.25, -0.2) is 4.39 Å². The van der Waals surface area contributed by atoms with E-state index in [1.807, 2.05) is 0 Å². The van der Waals surface area contributed by atoms with Gasteiger partial charge in [0.25, 0.3) is 0 Å². The highest BCUT2D eigenvalue weighted by Crippen LogP contribution is 2.23. The summed E-state index contributed by atoms with van der Waals surface area (Å²) in [4.78, 5) is 0. The van der Waals surface area contributed by atoms with Gasteiger partial charge in [-0.05, 0) is 12.1 Å². The Morgan fingerprint density at radius 3 is 1.92 bits per heavy atom. The zero-order valence-electron chi connectivity index (χ0n) is 5.82. The van der Waals surface area contributed by atoms with Gasteiger partial charge in [0.2, 0.25) is 0 Å². The minimum absolute atomic E-state index is 0.167. The van der Waals surface area contributed by atoms with Crippen LogP contribution in [-0.2, 0) is 0 Å². The minimum Gasteiger partial charge on any atom is -0.200 e. The van der Waals surface area contributed by atoms with Crippen LogP contribution in [0.4, 0.5) is 13.2 Å². The molecule has 0 atom stereocenters. The lowest BCUT2D eigenvalue weighted by Gasteiger charge is -1.95. The molecule has 0 unspecified atom stereocenters. The second-order valence-corrected chi connectivity index (χ2v) is 2.52. The topological polar surface area (TPSA) is 0 Å². The van der Waals surface area contributed by atoms with E-state index in [-0.39, 0.29) is 5.56 Å². The molecule has 4 heteroatoms. The van der Waals surface area contributed by atoms with E-state index in [1.165, 1.54) is 24.3 Å². The Hall–Kier alpha value is -0.960. The standard InChI is InChI=1S/C8H4ClF3/c9-6-3-1-5(2-4-6)7(10)8(11)12/h1-4H. The SMILES string of the molecule is FC(F)=C(F)c1ccc(Cl)cc1. The summed E-state index contributed by atoms with van der Waals surface area (Å²) in [5.41, 5.74) is -0.167. The molecule has 0 heterocycles. The van der Waals surface area contributed by atoms with E-state index < -0.39 is 11.9 Å². The molecular weight excluding hydrogens is 189 g/mol. The van der Waals surface area contributed by atoms with Crippen LogP contribution in [0.2, 0.25) is 5.02 Å². The number of halogens is 4. The van der Waals surface area contributed by atoms with Crippen LogP contribution in [0.5, 0.6) is 0 Å². The Labute approximate surface area is 72.3 Å². The van der Waals surface area contributed by atoms with E-state index in [9.17, 15) is 13.2 Å². The highest BCUT2D eigenvalue weighted by atomic mass is 35.5. The van der Waals surface area contributed by atoms with Crippen LogP contribution in [0.3, 0.4) is 0 Å². The lowest BCUT2D eigenvalue weighted by atomic mass is 10.2. The summed E-state index contributed by atoms with van der Waals surface area (Å²) < 4.78 is 35.8. The third-order valence-electron chi connectivity index (χ3n) is 1.26. The molecule has 0 aliphatic rings. The normalized spacial score (nSPS) is 9.67. The monoisotopic (exact) mass is 192 g/mol. The lowest BCUT2D eigenvalue weighted by molar-refractivity contribution is 0.410. The molecule has 0 aliphatic carbocycles. The van der Waals surface area contributed by atoms with Gasteiger partial charge in [0.1, 0.15) is 0 Å². The predicted octanol–water partition coefficient (Wildman–Crippen LogP) is 3.87. The molecule has 0 spiro atoms. The van der Waals surface area contributed by atoms with Crippen molar-refractivity contribution in [1.29, 1.82) is 0 Å². The molecule has 0 saturated carbocycles. The van der Waals surface area contributed by atoms with Crippen molar-refractivity contribution in [2.24, 2.45) is 0 Å². The highest BCUT2D eigenvalue weighted by Gasteiger charge is 2.06. The van der Waals surface area contributed by atoms with Crippen LogP contribution in [0.15, 0.2) is 30.3 Å². The van der Waals surface area contributed by atoms with Gasteiger partial charge in [0.15, 0.2) is 5.83 Å². The maximum absolute atomic E-state index is 12.5. The van der Waals surface area contributed by atoms with Crippen molar-refractivity contribution >= 4 is 17.4 Å².